The molecule has 1 heterocycles. The standard InChI is InChI=1S/C18H24N2O2/c1-5-20(16-8-6-7-13(2)11-16)10-9-19-18(21)17-12-14(3)22-15(17)4/h6-8,11-12H,5,9-10H2,1-4H3,(H,19,21). The van der Waals surface area contributed by atoms with Crippen LogP contribution in [0.25, 0.3) is 0 Å². The van der Waals surface area contributed by atoms with E-state index in [1.807, 2.05) is 13.8 Å². The van der Waals surface area contributed by atoms with Crippen LogP contribution in [0.15, 0.2) is 34.7 Å². The number of aryl methyl sites for hydroxylation is 3. The van der Waals surface area contributed by atoms with Gasteiger partial charge in [-0.15, -0.1) is 0 Å². The molecule has 1 aromatic carbocycles. The number of nitrogens with one attached hydrogen (secondary N) is 1. The molecule has 1 amide bonds. The molecule has 1 N–H and O–H groups in total. The molecule has 0 radical (unpaired) electrons. The zero-order valence-electron chi connectivity index (χ0n) is 13.8. The first-order valence-electron chi connectivity index (χ1n) is 7.68. The van der Waals surface area contributed by atoms with Crippen LogP contribution in [0.4, 0.5) is 5.69 Å². The second-order valence-corrected chi connectivity index (χ2v) is 5.50. The van der Waals surface area contributed by atoms with Gasteiger partial charge in [0, 0.05) is 25.3 Å². The molecule has 0 fully saturated rings. The summed E-state index contributed by atoms with van der Waals surface area (Å²) in [5.41, 5.74) is 3.05. The summed E-state index contributed by atoms with van der Waals surface area (Å²) < 4.78 is 5.40. The molecule has 4 nitrogen and oxygen atoms in total. The number of anilines is 1. The summed E-state index contributed by atoms with van der Waals surface area (Å²) >= 11 is 0. The second-order valence-electron chi connectivity index (χ2n) is 5.50. The van der Waals surface area contributed by atoms with Crippen LogP contribution in [0, 0.1) is 20.8 Å². The lowest BCUT2D eigenvalue weighted by molar-refractivity contribution is 0.0953. The average Bonchev–Trinajstić information content (AvgIpc) is 2.82. The number of nitrogens with zero attached hydrogens (tertiary/aromatic N) is 1. The van der Waals surface area contributed by atoms with E-state index in [0.29, 0.717) is 17.9 Å². The third-order valence-corrected chi connectivity index (χ3v) is 3.70. The number of benzene rings is 1. The lowest BCUT2D eigenvalue weighted by Gasteiger charge is -2.23. The Hall–Kier alpha value is -2.23. The monoisotopic (exact) mass is 300 g/mol. The van der Waals surface area contributed by atoms with E-state index >= 15 is 0 Å². The second kappa shape index (κ2) is 7.16. The predicted octanol–water partition coefficient (Wildman–Crippen LogP) is 3.46. The number of furan rings is 1. The van der Waals surface area contributed by atoms with Gasteiger partial charge in [-0.3, -0.25) is 4.79 Å². The summed E-state index contributed by atoms with van der Waals surface area (Å²) in [5, 5.41) is 2.96. The summed E-state index contributed by atoms with van der Waals surface area (Å²) in [6.45, 7) is 10.2. The van der Waals surface area contributed by atoms with Crippen LogP contribution in [0.2, 0.25) is 0 Å². The van der Waals surface area contributed by atoms with Crippen molar-refractivity contribution < 1.29 is 9.21 Å². The van der Waals surface area contributed by atoms with Gasteiger partial charge in [-0.2, -0.15) is 0 Å². The highest BCUT2D eigenvalue weighted by Gasteiger charge is 2.13. The van der Waals surface area contributed by atoms with Gasteiger partial charge < -0.3 is 14.6 Å². The van der Waals surface area contributed by atoms with Gasteiger partial charge >= 0.3 is 0 Å². The Morgan fingerprint density at radius 3 is 2.59 bits per heavy atom. The number of hydrogen-bond donors (Lipinski definition) is 1. The minimum Gasteiger partial charge on any atom is -0.466 e. The molecule has 0 saturated heterocycles. The van der Waals surface area contributed by atoms with Crippen LogP contribution < -0.4 is 10.2 Å². The van der Waals surface area contributed by atoms with Crippen LogP contribution >= 0.6 is 0 Å². The molecular formula is C18H24N2O2. The molecule has 0 aliphatic carbocycles. The van der Waals surface area contributed by atoms with Gasteiger partial charge in [0.15, 0.2) is 0 Å². The third-order valence-electron chi connectivity index (χ3n) is 3.70. The highest BCUT2D eigenvalue weighted by Crippen LogP contribution is 2.15. The number of carbonyl (C=O) groups excluding carboxylic acids is 1. The Bertz CT molecular complexity index is 646. The molecule has 0 atom stereocenters. The topological polar surface area (TPSA) is 45.5 Å². The fourth-order valence-electron chi connectivity index (χ4n) is 2.55. The first kappa shape index (κ1) is 16.1. The van der Waals surface area contributed by atoms with Crippen molar-refractivity contribution in [3.63, 3.8) is 0 Å². The SMILES string of the molecule is CCN(CCNC(=O)c1cc(C)oc1C)c1cccc(C)c1. The Morgan fingerprint density at radius 2 is 2.00 bits per heavy atom. The van der Waals surface area contributed by atoms with Gasteiger partial charge in [0.25, 0.3) is 5.91 Å². The summed E-state index contributed by atoms with van der Waals surface area (Å²) in [6.07, 6.45) is 0. The lowest BCUT2D eigenvalue weighted by atomic mass is 10.2. The number of amides is 1. The molecule has 0 spiro atoms. The highest BCUT2D eigenvalue weighted by atomic mass is 16.3. The van der Waals surface area contributed by atoms with Gasteiger partial charge in [0.2, 0.25) is 0 Å². The molecule has 0 aliphatic heterocycles. The Labute approximate surface area is 132 Å². The molecule has 0 unspecified atom stereocenters. The van der Waals surface area contributed by atoms with Gasteiger partial charge in [-0.25, -0.2) is 0 Å². The van der Waals surface area contributed by atoms with Crippen molar-refractivity contribution in [2.24, 2.45) is 0 Å². The number of carbonyl (C=O) groups is 1. The van der Waals surface area contributed by atoms with Crippen LogP contribution in [-0.2, 0) is 0 Å². The predicted molar refractivity (Wildman–Crippen MR) is 89.6 cm³/mol. The highest BCUT2D eigenvalue weighted by molar-refractivity contribution is 5.95. The largest absolute Gasteiger partial charge is 0.466 e. The summed E-state index contributed by atoms with van der Waals surface area (Å²) in [7, 11) is 0. The lowest BCUT2D eigenvalue weighted by Crippen LogP contribution is -2.35. The first-order valence-corrected chi connectivity index (χ1v) is 7.68. The van der Waals surface area contributed by atoms with Crippen LogP contribution in [0.1, 0.15) is 34.4 Å². The van der Waals surface area contributed by atoms with Crippen molar-refractivity contribution in [1.29, 1.82) is 0 Å². The van der Waals surface area contributed by atoms with Crippen molar-refractivity contribution in [2.75, 3.05) is 24.5 Å². The van der Waals surface area contributed by atoms with E-state index < -0.39 is 0 Å². The summed E-state index contributed by atoms with van der Waals surface area (Å²) in [4.78, 5) is 14.4. The molecule has 4 heteroatoms. The Kier molecular flexibility index (Phi) is 5.26. The first-order chi connectivity index (χ1) is 10.5. The molecule has 0 saturated carbocycles. The van der Waals surface area contributed by atoms with Crippen LogP contribution in [-0.4, -0.2) is 25.5 Å². The van der Waals surface area contributed by atoms with Crippen LogP contribution in [0.5, 0.6) is 0 Å². The van der Waals surface area contributed by atoms with E-state index in [0.717, 1.165) is 18.8 Å². The Balaban J connectivity index is 1.91. The molecule has 118 valence electrons. The minimum absolute atomic E-state index is 0.0744. The van der Waals surface area contributed by atoms with Crippen molar-refractivity contribution in [3.05, 3.63) is 53.0 Å². The fraction of sp³-hybridized carbons (Fsp3) is 0.389. The maximum Gasteiger partial charge on any atom is 0.254 e. The van der Waals surface area contributed by atoms with E-state index in [1.54, 1.807) is 6.07 Å². The van der Waals surface area contributed by atoms with Crippen molar-refractivity contribution in [1.82, 2.24) is 5.32 Å². The molecular weight excluding hydrogens is 276 g/mol. The summed E-state index contributed by atoms with van der Waals surface area (Å²) in [6, 6.07) is 10.2. The van der Waals surface area contributed by atoms with Crippen molar-refractivity contribution in [3.8, 4) is 0 Å². The quantitative estimate of drug-likeness (QED) is 0.888. The van der Waals surface area contributed by atoms with E-state index in [9.17, 15) is 4.79 Å². The fourth-order valence-corrected chi connectivity index (χ4v) is 2.55. The van der Waals surface area contributed by atoms with Gasteiger partial charge in [-0.1, -0.05) is 12.1 Å². The molecule has 22 heavy (non-hydrogen) atoms. The van der Waals surface area contributed by atoms with Crippen LogP contribution in [0.3, 0.4) is 0 Å². The number of rotatable bonds is 6. The molecule has 0 bridgehead atoms. The normalized spacial score (nSPS) is 10.5. The molecule has 0 aliphatic rings. The number of hydrogen-bond acceptors (Lipinski definition) is 3. The van der Waals surface area contributed by atoms with Crippen molar-refractivity contribution in [2.45, 2.75) is 27.7 Å². The van der Waals surface area contributed by atoms with E-state index in [1.165, 1.54) is 11.3 Å². The third kappa shape index (κ3) is 3.91. The van der Waals surface area contributed by atoms with Crippen molar-refractivity contribution >= 4 is 11.6 Å². The van der Waals surface area contributed by atoms with Gasteiger partial charge in [-0.05, 0) is 51.5 Å². The van der Waals surface area contributed by atoms with E-state index in [2.05, 4.69) is 48.3 Å². The molecule has 1 aromatic heterocycles. The molecule has 2 rings (SSSR count). The zero-order chi connectivity index (χ0) is 16.1. The minimum atomic E-state index is -0.0744. The molecule has 2 aromatic rings. The maximum absolute atomic E-state index is 12.1. The van der Waals surface area contributed by atoms with Gasteiger partial charge in [0.05, 0.1) is 5.56 Å². The Morgan fingerprint density at radius 1 is 1.23 bits per heavy atom. The summed E-state index contributed by atoms with van der Waals surface area (Å²) in [5.74, 6) is 1.35. The van der Waals surface area contributed by atoms with Gasteiger partial charge in [0.1, 0.15) is 11.5 Å². The number of likely N-dealkylation sites (N-methyl/N-ethyl adjacent to an activating group) is 1. The maximum atomic E-state index is 12.1. The average molecular weight is 300 g/mol. The van der Waals surface area contributed by atoms with E-state index in [4.69, 9.17) is 4.42 Å². The smallest absolute Gasteiger partial charge is 0.254 e. The zero-order valence-corrected chi connectivity index (χ0v) is 13.8. The van der Waals surface area contributed by atoms with E-state index in [-0.39, 0.29) is 5.91 Å².